The minimum absolute atomic E-state index is 0.613. The van der Waals surface area contributed by atoms with Gasteiger partial charge in [-0.1, -0.05) is 0 Å². The average molecular weight is 324 g/mol. The van der Waals surface area contributed by atoms with Crippen LogP contribution in [-0.4, -0.2) is 23.6 Å². The summed E-state index contributed by atoms with van der Waals surface area (Å²) in [5, 5.41) is 3.61. The molecule has 0 amide bonds. The van der Waals surface area contributed by atoms with Crippen LogP contribution in [0.2, 0.25) is 0 Å². The third-order valence-corrected chi connectivity index (χ3v) is 4.58. The molecule has 1 aliphatic carbocycles. The Morgan fingerprint density at radius 1 is 1.37 bits per heavy atom. The van der Waals surface area contributed by atoms with Gasteiger partial charge in [-0.15, -0.1) is 0 Å². The molecule has 2 heterocycles. The zero-order valence-electron chi connectivity index (χ0n) is 11.5. The molecule has 0 aromatic carbocycles. The molecule has 19 heavy (non-hydrogen) atoms. The van der Waals surface area contributed by atoms with E-state index in [1.54, 1.807) is 0 Å². The highest BCUT2D eigenvalue weighted by Crippen LogP contribution is 2.28. The Labute approximate surface area is 123 Å². The number of nitrogens with zero attached hydrogens (tertiary/aromatic N) is 2. The summed E-state index contributed by atoms with van der Waals surface area (Å²) in [7, 11) is 0. The van der Waals surface area contributed by atoms with Crippen LogP contribution in [0.15, 0.2) is 16.7 Å². The number of halogens is 1. The quantitative estimate of drug-likeness (QED) is 0.919. The number of rotatable bonds is 4. The van der Waals surface area contributed by atoms with Crippen molar-refractivity contribution in [3.8, 4) is 0 Å². The van der Waals surface area contributed by atoms with Gasteiger partial charge in [0.05, 0.1) is 0 Å². The molecule has 0 radical (unpaired) electrons. The van der Waals surface area contributed by atoms with Gasteiger partial charge in [-0.3, -0.25) is 0 Å². The molecule has 1 aromatic rings. The Morgan fingerprint density at radius 2 is 2.21 bits per heavy atom. The SMILES string of the molecule is CC1CCCCN1c1ncc(Br)cc1CNC1CC1. The molecule has 2 aliphatic rings. The van der Waals surface area contributed by atoms with Crippen molar-refractivity contribution in [1.29, 1.82) is 0 Å². The van der Waals surface area contributed by atoms with E-state index >= 15 is 0 Å². The molecular formula is C15H22BrN3. The van der Waals surface area contributed by atoms with E-state index in [2.05, 4.69) is 44.1 Å². The fourth-order valence-electron chi connectivity index (χ4n) is 2.82. The number of anilines is 1. The summed E-state index contributed by atoms with van der Waals surface area (Å²) in [4.78, 5) is 7.18. The highest BCUT2D eigenvalue weighted by Gasteiger charge is 2.24. The van der Waals surface area contributed by atoms with Gasteiger partial charge >= 0.3 is 0 Å². The van der Waals surface area contributed by atoms with Crippen LogP contribution in [0.5, 0.6) is 0 Å². The molecule has 1 aliphatic heterocycles. The predicted molar refractivity (Wildman–Crippen MR) is 82.5 cm³/mol. The van der Waals surface area contributed by atoms with Gasteiger partial charge in [0.2, 0.25) is 0 Å². The molecule has 1 saturated heterocycles. The topological polar surface area (TPSA) is 28.2 Å². The summed E-state index contributed by atoms with van der Waals surface area (Å²) < 4.78 is 1.08. The first kappa shape index (κ1) is 13.4. The van der Waals surface area contributed by atoms with E-state index in [1.165, 1.54) is 43.5 Å². The zero-order chi connectivity index (χ0) is 13.2. The van der Waals surface area contributed by atoms with Gasteiger partial charge in [-0.25, -0.2) is 4.98 Å². The number of nitrogens with one attached hydrogen (secondary N) is 1. The molecular weight excluding hydrogens is 302 g/mol. The molecule has 3 nitrogen and oxygen atoms in total. The van der Waals surface area contributed by atoms with Gasteiger partial charge in [0.1, 0.15) is 5.82 Å². The second-order valence-electron chi connectivity index (χ2n) is 5.83. The highest BCUT2D eigenvalue weighted by atomic mass is 79.9. The summed E-state index contributed by atoms with van der Waals surface area (Å²) in [5.74, 6) is 1.18. The lowest BCUT2D eigenvalue weighted by Crippen LogP contribution is -2.39. The van der Waals surface area contributed by atoms with E-state index in [-0.39, 0.29) is 0 Å². The van der Waals surface area contributed by atoms with Crippen molar-refractivity contribution in [1.82, 2.24) is 10.3 Å². The van der Waals surface area contributed by atoms with Gasteiger partial charge in [0.15, 0.2) is 0 Å². The third kappa shape index (κ3) is 3.29. The Balaban J connectivity index is 1.80. The van der Waals surface area contributed by atoms with Gasteiger partial charge < -0.3 is 10.2 Å². The zero-order valence-corrected chi connectivity index (χ0v) is 13.1. The van der Waals surface area contributed by atoms with Gasteiger partial charge in [0.25, 0.3) is 0 Å². The summed E-state index contributed by atoms with van der Waals surface area (Å²) >= 11 is 3.55. The van der Waals surface area contributed by atoms with Gasteiger partial charge in [-0.2, -0.15) is 0 Å². The monoisotopic (exact) mass is 323 g/mol. The lowest BCUT2D eigenvalue weighted by atomic mass is 10.0. The number of pyridine rings is 1. The summed E-state index contributed by atoms with van der Waals surface area (Å²) in [6, 6.07) is 3.58. The summed E-state index contributed by atoms with van der Waals surface area (Å²) in [6.45, 7) is 4.41. The van der Waals surface area contributed by atoms with E-state index < -0.39 is 0 Å². The Hall–Kier alpha value is -0.610. The molecule has 1 aromatic heterocycles. The lowest BCUT2D eigenvalue weighted by Gasteiger charge is -2.35. The van der Waals surface area contributed by atoms with E-state index in [9.17, 15) is 0 Å². The largest absolute Gasteiger partial charge is 0.354 e. The van der Waals surface area contributed by atoms with E-state index in [1.807, 2.05) is 6.20 Å². The number of hydrogen-bond acceptors (Lipinski definition) is 3. The Bertz CT molecular complexity index is 445. The van der Waals surface area contributed by atoms with Crippen molar-refractivity contribution in [3.05, 3.63) is 22.3 Å². The van der Waals surface area contributed by atoms with Gasteiger partial charge in [0, 0.05) is 41.4 Å². The van der Waals surface area contributed by atoms with Crippen molar-refractivity contribution < 1.29 is 0 Å². The van der Waals surface area contributed by atoms with E-state index in [0.717, 1.165) is 23.6 Å². The summed E-state index contributed by atoms with van der Waals surface area (Å²) in [5.41, 5.74) is 1.33. The highest BCUT2D eigenvalue weighted by molar-refractivity contribution is 9.10. The van der Waals surface area contributed by atoms with Crippen molar-refractivity contribution in [2.75, 3.05) is 11.4 Å². The number of piperidine rings is 1. The molecule has 1 unspecified atom stereocenters. The van der Waals surface area contributed by atoms with Crippen molar-refractivity contribution in [2.24, 2.45) is 0 Å². The smallest absolute Gasteiger partial charge is 0.133 e. The second kappa shape index (κ2) is 5.80. The molecule has 1 N–H and O–H groups in total. The first-order valence-corrected chi connectivity index (χ1v) is 8.18. The van der Waals surface area contributed by atoms with Crippen LogP contribution in [0.25, 0.3) is 0 Å². The van der Waals surface area contributed by atoms with Crippen molar-refractivity contribution in [2.45, 2.75) is 57.7 Å². The molecule has 1 saturated carbocycles. The predicted octanol–water partition coefficient (Wildman–Crippen LogP) is 3.47. The summed E-state index contributed by atoms with van der Waals surface area (Å²) in [6.07, 6.45) is 8.51. The normalized spacial score (nSPS) is 23.7. The third-order valence-electron chi connectivity index (χ3n) is 4.14. The van der Waals surface area contributed by atoms with Crippen LogP contribution >= 0.6 is 15.9 Å². The second-order valence-corrected chi connectivity index (χ2v) is 6.75. The van der Waals surface area contributed by atoms with Gasteiger partial charge in [-0.05, 0) is 61.0 Å². The first-order valence-electron chi connectivity index (χ1n) is 7.38. The number of aromatic nitrogens is 1. The van der Waals surface area contributed by atoms with Crippen LogP contribution in [0, 0.1) is 0 Å². The van der Waals surface area contributed by atoms with Crippen LogP contribution in [-0.2, 0) is 6.54 Å². The fraction of sp³-hybridized carbons (Fsp3) is 0.667. The van der Waals surface area contributed by atoms with Crippen molar-refractivity contribution in [3.63, 3.8) is 0 Å². The molecule has 0 bridgehead atoms. The molecule has 3 rings (SSSR count). The maximum absolute atomic E-state index is 4.69. The van der Waals surface area contributed by atoms with Crippen LogP contribution in [0.1, 0.15) is 44.6 Å². The minimum Gasteiger partial charge on any atom is -0.354 e. The lowest BCUT2D eigenvalue weighted by molar-refractivity contribution is 0.479. The fourth-order valence-corrected chi connectivity index (χ4v) is 3.20. The first-order chi connectivity index (χ1) is 9.24. The molecule has 0 spiro atoms. The van der Waals surface area contributed by atoms with E-state index in [4.69, 9.17) is 0 Å². The molecule has 1 atom stereocenters. The standard InChI is InChI=1S/C15H22BrN3/c1-11-4-2-3-7-19(11)15-12(8-13(16)10-18-15)9-17-14-5-6-14/h8,10-11,14,17H,2-7,9H2,1H3. The van der Waals surface area contributed by atoms with Crippen LogP contribution < -0.4 is 10.2 Å². The number of hydrogen-bond donors (Lipinski definition) is 1. The molecule has 104 valence electrons. The molecule has 2 fully saturated rings. The Kier molecular flexibility index (Phi) is 4.08. The average Bonchev–Trinajstić information content (AvgIpc) is 3.22. The maximum atomic E-state index is 4.69. The Morgan fingerprint density at radius 3 is 2.95 bits per heavy atom. The van der Waals surface area contributed by atoms with E-state index in [0.29, 0.717) is 6.04 Å². The minimum atomic E-state index is 0.613. The van der Waals surface area contributed by atoms with Crippen LogP contribution in [0.3, 0.4) is 0 Å². The molecule has 4 heteroatoms. The van der Waals surface area contributed by atoms with Crippen LogP contribution in [0.4, 0.5) is 5.82 Å². The maximum Gasteiger partial charge on any atom is 0.133 e. The van der Waals surface area contributed by atoms with Crippen molar-refractivity contribution >= 4 is 21.7 Å².